The Morgan fingerprint density at radius 1 is 1.22 bits per heavy atom. The molecule has 2 N–H and O–H groups in total. The highest BCUT2D eigenvalue weighted by Crippen LogP contribution is 2.33. The van der Waals surface area contributed by atoms with Gasteiger partial charge in [0.1, 0.15) is 0 Å². The summed E-state index contributed by atoms with van der Waals surface area (Å²) in [7, 11) is 1.81. The van der Waals surface area contributed by atoms with E-state index in [2.05, 4.69) is 11.8 Å². The number of likely N-dealkylation sites (tertiary alicyclic amines) is 1. The van der Waals surface area contributed by atoms with Crippen molar-refractivity contribution in [3.63, 3.8) is 0 Å². The zero-order valence-corrected chi connectivity index (χ0v) is 12.1. The quantitative estimate of drug-likeness (QED) is 0.816. The van der Waals surface area contributed by atoms with E-state index in [9.17, 15) is 0 Å². The molecule has 0 aromatic carbocycles. The minimum atomic E-state index is 0.624. The monoisotopic (exact) mass is 254 g/mol. The maximum atomic E-state index is 6.06. The van der Waals surface area contributed by atoms with Crippen LogP contribution in [0.1, 0.15) is 39.0 Å². The molecule has 1 heterocycles. The van der Waals surface area contributed by atoms with Crippen LogP contribution in [0.25, 0.3) is 0 Å². The van der Waals surface area contributed by atoms with Crippen LogP contribution in [0.2, 0.25) is 0 Å². The Labute approximate surface area is 112 Å². The van der Waals surface area contributed by atoms with Crippen molar-refractivity contribution in [1.82, 2.24) is 4.90 Å². The van der Waals surface area contributed by atoms with E-state index in [4.69, 9.17) is 10.5 Å². The van der Waals surface area contributed by atoms with Gasteiger partial charge < -0.3 is 10.5 Å². The van der Waals surface area contributed by atoms with Gasteiger partial charge in [0.25, 0.3) is 0 Å². The minimum Gasteiger partial charge on any atom is -0.384 e. The van der Waals surface area contributed by atoms with Crippen LogP contribution in [-0.4, -0.2) is 44.3 Å². The molecule has 1 aliphatic heterocycles. The van der Waals surface area contributed by atoms with E-state index in [1.54, 1.807) is 0 Å². The van der Waals surface area contributed by atoms with Gasteiger partial charge in [0.05, 0.1) is 6.61 Å². The summed E-state index contributed by atoms with van der Waals surface area (Å²) in [6.45, 7) is 6.55. The smallest absolute Gasteiger partial charge is 0.0503 e. The molecule has 1 saturated carbocycles. The molecule has 3 heteroatoms. The summed E-state index contributed by atoms with van der Waals surface area (Å²) >= 11 is 0. The predicted octanol–water partition coefficient (Wildman–Crippen LogP) is 2.11. The fourth-order valence-corrected chi connectivity index (χ4v) is 3.85. The summed E-state index contributed by atoms with van der Waals surface area (Å²) < 4.78 is 5.29. The molecule has 18 heavy (non-hydrogen) atoms. The van der Waals surface area contributed by atoms with Gasteiger partial charge in [-0.1, -0.05) is 19.8 Å². The number of methoxy groups -OCH3 is 1. The Hall–Kier alpha value is -0.120. The lowest BCUT2D eigenvalue weighted by atomic mass is 9.79. The van der Waals surface area contributed by atoms with Gasteiger partial charge in [0.15, 0.2) is 0 Å². The van der Waals surface area contributed by atoms with Crippen LogP contribution in [0.3, 0.4) is 0 Å². The van der Waals surface area contributed by atoms with Gasteiger partial charge >= 0.3 is 0 Å². The van der Waals surface area contributed by atoms with E-state index in [0.717, 1.165) is 30.9 Å². The molecule has 1 saturated heterocycles. The molecule has 2 aliphatic rings. The second-order valence-corrected chi connectivity index (χ2v) is 6.43. The normalized spacial score (nSPS) is 35.8. The van der Waals surface area contributed by atoms with Crippen molar-refractivity contribution >= 4 is 0 Å². The standard InChI is InChI=1S/C15H30N2O/c1-12-3-5-14(6-4-12)15(9-16)17-8-7-13(10-17)11-18-2/h12-15H,3-11,16H2,1-2H3. The maximum absolute atomic E-state index is 6.06. The molecule has 0 aromatic heterocycles. The summed E-state index contributed by atoms with van der Waals surface area (Å²) in [6.07, 6.45) is 6.85. The van der Waals surface area contributed by atoms with Gasteiger partial charge in [0.2, 0.25) is 0 Å². The van der Waals surface area contributed by atoms with Gasteiger partial charge in [-0.3, -0.25) is 4.90 Å². The lowest BCUT2D eigenvalue weighted by molar-refractivity contribution is 0.115. The molecule has 0 radical (unpaired) electrons. The van der Waals surface area contributed by atoms with Crippen LogP contribution in [0.4, 0.5) is 0 Å². The number of hydrogen-bond acceptors (Lipinski definition) is 3. The Balaban J connectivity index is 1.85. The molecule has 3 nitrogen and oxygen atoms in total. The SMILES string of the molecule is COCC1CCN(C(CN)C2CCC(C)CC2)C1. The molecule has 2 rings (SSSR count). The second kappa shape index (κ2) is 6.88. The van der Waals surface area contributed by atoms with Crippen LogP contribution < -0.4 is 5.73 Å². The van der Waals surface area contributed by atoms with Crippen molar-refractivity contribution in [2.45, 2.75) is 45.1 Å². The second-order valence-electron chi connectivity index (χ2n) is 6.43. The number of rotatable bonds is 5. The first-order chi connectivity index (χ1) is 8.74. The third-order valence-electron chi connectivity index (χ3n) is 5.03. The highest BCUT2D eigenvalue weighted by molar-refractivity contribution is 4.88. The van der Waals surface area contributed by atoms with Crippen LogP contribution in [0.15, 0.2) is 0 Å². The molecule has 0 aromatic rings. The molecule has 2 unspecified atom stereocenters. The number of nitrogens with zero attached hydrogens (tertiary/aromatic N) is 1. The molecule has 2 atom stereocenters. The number of nitrogens with two attached hydrogens (primary N) is 1. The number of hydrogen-bond donors (Lipinski definition) is 1. The van der Waals surface area contributed by atoms with Crippen LogP contribution in [0, 0.1) is 17.8 Å². The zero-order chi connectivity index (χ0) is 13.0. The zero-order valence-electron chi connectivity index (χ0n) is 12.1. The molecular weight excluding hydrogens is 224 g/mol. The molecular formula is C15H30N2O. The first-order valence-corrected chi connectivity index (χ1v) is 7.67. The van der Waals surface area contributed by atoms with E-state index >= 15 is 0 Å². The summed E-state index contributed by atoms with van der Waals surface area (Å²) in [5.41, 5.74) is 6.06. The maximum Gasteiger partial charge on any atom is 0.0503 e. The van der Waals surface area contributed by atoms with Crippen molar-refractivity contribution in [1.29, 1.82) is 0 Å². The highest BCUT2D eigenvalue weighted by atomic mass is 16.5. The van der Waals surface area contributed by atoms with Gasteiger partial charge in [0, 0.05) is 26.2 Å². The minimum absolute atomic E-state index is 0.624. The molecule has 106 valence electrons. The first kappa shape index (κ1) is 14.3. The average molecular weight is 254 g/mol. The van der Waals surface area contributed by atoms with Crippen molar-refractivity contribution < 1.29 is 4.74 Å². The Morgan fingerprint density at radius 2 is 1.94 bits per heavy atom. The largest absolute Gasteiger partial charge is 0.384 e. The number of ether oxygens (including phenoxy) is 1. The first-order valence-electron chi connectivity index (χ1n) is 7.67. The fraction of sp³-hybridized carbons (Fsp3) is 1.00. The van der Waals surface area contributed by atoms with Gasteiger partial charge in [-0.2, -0.15) is 0 Å². The van der Waals surface area contributed by atoms with E-state index in [-0.39, 0.29) is 0 Å². The molecule has 0 spiro atoms. The lowest BCUT2D eigenvalue weighted by Crippen LogP contribution is -2.45. The van der Waals surface area contributed by atoms with Crippen LogP contribution in [0.5, 0.6) is 0 Å². The van der Waals surface area contributed by atoms with E-state index < -0.39 is 0 Å². The Bertz CT molecular complexity index is 239. The average Bonchev–Trinajstić information content (AvgIpc) is 2.82. The highest BCUT2D eigenvalue weighted by Gasteiger charge is 2.33. The molecule has 2 fully saturated rings. The van der Waals surface area contributed by atoms with Crippen molar-refractivity contribution in [2.24, 2.45) is 23.5 Å². The topological polar surface area (TPSA) is 38.5 Å². The van der Waals surface area contributed by atoms with Crippen LogP contribution in [-0.2, 0) is 4.74 Å². The predicted molar refractivity (Wildman–Crippen MR) is 75.5 cm³/mol. The summed E-state index contributed by atoms with van der Waals surface area (Å²) in [6, 6.07) is 0.624. The van der Waals surface area contributed by atoms with Crippen molar-refractivity contribution in [3.05, 3.63) is 0 Å². The summed E-state index contributed by atoms with van der Waals surface area (Å²) in [4.78, 5) is 2.64. The van der Waals surface area contributed by atoms with Crippen LogP contribution >= 0.6 is 0 Å². The van der Waals surface area contributed by atoms with Gasteiger partial charge in [-0.05, 0) is 43.6 Å². The molecule has 0 bridgehead atoms. The Morgan fingerprint density at radius 3 is 2.56 bits per heavy atom. The fourth-order valence-electron chi connectivity index (χ4n) is 3.85. The van der Waals surface area contributed by atoms with E-state index in [0.29, 0.717) is 6.04 Å². The third kappa shape index (κ3) is 3.46. The molecule has 1 aliphatic carbocycles. The summed E-state index contributed by atoms with van der Waals surface area (Å²) in [5, 5.41) is 0. The van der Waals surface area contributed by atoms with Crippen molar-refractivity contribution in [2.75, 3.05) is 33.4 Å². The van der Waals surface area contributed by atoms with Crippen molar-refractivity contribution in [3.8, 4) is 0 Å². The third-order valence-corrected chi connectivity index (χ3v) is 5.03. The van der Waals surface area contributed by atoms with E-state index in [1.165, 1.54) is 45.2 Å². The van der Waals surface area contributed by atoms with Gasteiger partial charge in [-0.15, -0.1) is 0 Å². The van der Waals surface area contributed by atoms with Gasteiger partial charge in [-0.25, -0.2) is 0 Å². The molecule has 0 amide bonds. The van der Waals surface area contributed by atoms with E-state index in [1.807, 2.05) is 7.11 Å². The summed E-state index contributed by atoms with van der Waals surface area (Å²) in [5.74, 6) is 2.50. The lowest BCUT2D eigenvalue weighted by Gasteiger charge is -2.37. The Kier molecular flexibility index (Phi) is 5.46.